The van der Waals surface area contributed by atoms with E-state index in [1.54, 1.807) is 0 Å². The quantitative estimate of drug-likeness (QED) is 0.645. The Morgan fingerprint density at radius 2 is 2.25 bits per heavy atom. The van der Waals surface area contributed by atoms with Crippen molar-refractivity contribution in [2.75, 3.05) is 6.67 Å². The summed E-state index contributed by atoms with van der Waals surface area (Å²) in [6.07, 6.45) is 0.993. The van der Waals surface area contributed by atoms with Gasteiger partial charge in [-0.25, -0.2) is 0 Å². The summed E-state index contributed by atoms with van der Waals surface area (Å²) in [5.41, 5.74) is 2.24. The van der Waals surface area contributed by atoms with E-state index in [1.165, 1.54) is 5.56 Å². The molecule has 0 nitrogen and oxygen atoms in total. The number of hydrogen-bond donors (Lipinski definition) is 0. The van der Waals surface area contributed by atoms with Crippen molar-refractivity contribution in [2.24, 2.45) is 0 Å². The monoisotopic (exact) mass is 165 g/mol. The van der Waals surface area contributed by atoms with Crippen LogP contribution in [0.25, 0.3) is 0 Å². The molecule has 1 radical (unpaired) electrons. The van der Waals surface area contributed by atoms with Crippen LogP contribution in [-0.2, 0) is 6.42 Å². The van der Waals surface area contributed by atoms with Crippen LogP contribution in [-0.4, -0.2) is 6.67 Å². The molecule has 0 aliphatic rings. The molecule has 12 heavy (non-hydrogen) atoms. The summed E-state index contributed by atoms with van der Waals surface area (Å²) >= 11 is 0. The van der Waals surface area contributed by atoms with Gasteiger partial charge >= 0.3 is 0 Å². The van der Waals surface area contributed by atoms with Crippen molar-refractivity contribution in [1.29, 1.82) is 0 Å². The molecule has 0 bridgehead atoms. The molecule has 1 heteroatoms. The minimum absolute atomic E-state index is 0.212. The highest BCUT2D eigenvalue weighted by atomic mass is 19.1. The van der Waals surface area contributed by atoms with Crippen LogP contribution in [0.4, 0.5) is 4.39 Å². The SMILES string of the molecule is [CH2]C(CF)c1cccc(CC)c1. The number of halogens is 1. The van der Waals surface area contributed by atoms with Crippen molar-refractivity contribution >= 4 is 0 Å². The summed E-state index contributed by atoms with van der Waals surface area (Å²) < 4.78 is 12.2. The van der Waals surface area contributed by atoms with Crippen LogP contribution in [0.1, 0.15) is 24.0 Å². The Kier molecular flexibility index (Phi) is 3.27. The maximum atomic E-state index is 12.2. The lowest BCUT2D eigenvalue weighted by Crippen LogP contribution is -1.96. The average molecular weight is 165 g/mol. The average Bonchev–Trinajstić information content (AvgIpc) is 2.17. The van der Waals surface area contributed by atoms with Gasteiger partial charge in [-0.3, -0.25) is 4.39 Å². The molecule has 1 atom stereocenters. The molecular weight excluding hydrogens is 151 g/mol. The van der Waals surface area contributed by atoms with Crippen LogP contribution in [0, 0.1) is 6.92 Å². The van der Waals surface area contributed by atoms with Crippen molar-refractivity contribution < 1.29 is 4.39 Å². The van der Waals surface area contributed by atoms with Crippen molar-refractivity contribution in [3.63, 3.8) is 0 Å². The molecule has 0 heterocycles. The third-order valence-electron chi connectivity index (χ3n) is 2.02. The number of rotatable bonds is 3. The smallest absolute Gasteiger partial charge is 0.0962 e. The molecule has 0 saturated carbocycles. The van der Waals surface area contributed by atoms with Crippen molar-refractivity contribution in [3.05, 3.63) is 42.3 Å². The Morgan fingerprint density at radius 3 is 2.83 bits per heavy atom. The highest BCUT2D eigenvalue weighted by molar-refractivity contribution is 5.27. The zero-order valence-electron chi connectivity index (χ0n) is 7.39. The first-order valence-electron chi connectivity index (χ1n) is 4.25. The number of aryl methyl sites for hydroxylation is 1. The molecule has 0 fully saturated rings. The van der Waals surface area contributed by atoms with Gasteiger partial charge in [0.05, 0.1) is 6.67 Å². The van der Waals surface area contributed by atoms with E-state index in [9.17, 15) is 4.39 Å². The molecule has 0 amide bonds. The lowest BCUT2D eigenvalue weighted by atomic mass is 9.99. The Balaban J connectivity index is 2.86. The van der Waals surface area contributed by atoms with Crippen LogP contribution in [0.5, 0.6) is 0 Å². The van der Waals surface area contributed by atoms with Crippen LogP contribution in [0.3, 0.4) is 0 Å². The number of hydrogen-bond acceptors (Lipinski definition) is 0. The molecular formula is C11H14F. The van der Waals surface area contributed by atoms with E-state index in [4.69, 9.17) is 0 Å². The second-order valence-electron chi connectivity index (χ2n) is 2.95. The molecule has 1 aromatic carbocycles. The van der Waals surface area contributed by atoms with Gasteiger partial charge in [0.1, 0.15) is 0 Å². The molecule has 1 unspecified atom stereocenters. The summed E-state index contributed by atoms with van der Waals surface area (Å²) in [4.78, 5) is 0. The van der Waals surface area contributed by atoms with Crippen LogP contribution in [0.2, 0.25) is 0 Å². The van der Waals surface area contributed by atoms with E-state index in [0.717, 1.165) is 12.0 Å². The van der Waals surface area contributed by atoms with E-state index in [1.807, 2.05) is 18.2 Å². The number of alkyl halides is 1. The molecule has 0 aromatic heterocycles. The van der Waals surface area contributed by atoms with Crippen molar-refractivity contribution in [2.45, 2.75) is 19.3 Å². The van der Waals surface area contributed by atoms with Crippen LogP contribution >= 0.6 is 0 Å². The molecule has 1 rings (SSSR count). The van der Waals surface area contributed by atoms with E-state index < -0.39 is 0 Å². The summed E-state index contributed by atoms with van der Waals surface area (Å²) in [5, 5.41) is 0. The van der Waals surface area contributed by atoms with Crippen LogP contribution in [0.15, 0.2) is 24.3 Å². The van der Waals surface area contributed by atoms with E-state index in [2.05, 4.69) is 19.9 Å². The molecule has 0 spiro atoms. The fourth-order valence-electron chi connectivity index (χ4n) is 1.16. The van der Waals surface area contributed by atoms with Gasteiger partial charge < -0.3 is 0 Å². The summed E-state index contributed by atoms with van der Waals surface area (Å²) in [6, 6.07) is 7.96. The molecule has 0 aliphatic heterocycles. The van der Waals surface area contributed by atoms with Gasteiger partial charge in [0.25, 0.3) is 0 Å². The van der Waals surface area contributed by atoms with Crippen molar-refractivity contribution in [1.82, 2.24) is 0 Å². The maximum Gasteiger partial charge on any atom is 0.0962 e. The lowest BCUT2D eigenvalue weighted by Gasteiger charge is -2.07. The third-order valence-corrected chi connectivity index (χ3v) is 2.02. The van der Waals surface area contributed by atoms with E-state index in [-0.39, 0.29) is 12.6 Å². The topological polar surface area (TPSA) is 0 Å². The second-order valence-corrected chi connectivity index (χ2v) is 2.95. The largest absolute Gasteiger partial charge is 0.250 e. The van der Waals surface area contributed by atoms with Gasteiger partial charge in [0.15, 0.2) is 0 Å². The van der Waals surface area contributed by atoms with Gasteiger partial charge in [-0.2, -0.15) is 0 Å². The van der Waals surface area contributed by atoms with Crippen LogP contribution < -0.4 is 0 Å². The molecule has 0 saturated heterocycles. The van der Waals surface area contributed by atoms with E-state index in [0.29, 0.717) is 0 Å². The summed E-state index contributed by atoms with van der Waals surface area (Å²) in [7, 11) is 0. The number of benzene rings is 1. The Labute approximate surface area is 73.4 Å². The molecule has 0 N–H and O–H groups in total. The first-order valence-corrected chi connectivity index (χ1v) is 4.25. The molecule has 65 valence electrons. The van der Waals surface area contributed by atoms with Gasteiger partial charge in [-0.05, 0) is 24.5 Å². The standard InChI is InChI=1S/C11H14F/c1-3-10-5-4-6-11(7-10)9(2)8-12/h4-7,9H,2-3,8H2,1H3. The summed E-state index contributed by atoms with van der Waals surface area (Å²) in [6.45, 7) is 5.44. The maximum absolute atomic E-state index is 12.2. The van der Waals surface area contributed by atoms with E-state index >= 15 is 0 Å². The molecule has 0 aliphatic carbocycles. The Bertz CT molecular complexity index is 243. The predicted octanol–water partition coefficient (Wildman–Crippen LogP) is 3.14. The first-order chi connectivity index (χ1) is 5.77. The third kappa shape index (κ3) is 2.07. The normalized spacial score (nSPS) is 12.9. The first kappa shape index (κ1) is 9.24. The highest BCUT2D eigenvalue weighted by Gasteiger charge is 2.04. The molecule has 1 aromatic rings. The highest BCUT2D eigenvalue weighted by Crippen LogP contribution is 2.16. The fourth-order valence-corrected chi connectivity index (χ4v) is 1.16. The van der Waals surface area contributed by atoms with Crippen molar-refractivity contribution in [3.8, 4) is 0 Å². The second kappa shape index (κ2) is 4.24. The van der Waals surface area contributed by atoms with Gasteiger partial charge in [0, 0.05) is 5.92 Å². The van der Waals surface area contributed by atoms with Gasteiger partial charge in [-0.15, -0.1) is 0 Å². The predicted molar refractivity (Wildman–Crippen MR) is 49.9 cm³/mol. The summed E-state index contributed by atoms with van der Waals surface area (Å²) in [5.74, 6) is -0.212. The lowest BCUT2D eigenvalue weighted by molar-refractivity contribution is 0.465. The van der Waals surface area contributed by atoms with Gasteiger partial charge in [-0.1, -0.05) is 31.2 Å². The minimum Gasteiger partial charge on any atom is -0.250 e. The zero-order chi connectivity index (χ0) is 8.97. The zero-order valence-corrected chi connectivity index (χ0v) is 7.39. The van der Waals surface area contributed by atoms with Gasteiger partial charge in [0.2, 0.25) is 0 Å². The Hall–Kier alpha value is -0.850. The fraction of sp³-hybridized carbons (Fsp3) is 0.364. The Morgan fingerprint density at radius 1 is 1.50 bits per heavy atom. The minimum atomic E-state index is -0.382.